The number of nitrogens with two attached hydrogens (primary N) is 1. The van der Waals surface area contributed by atoms with Crippen molar-refractivity contribution in [2.45, 2.75) is 13.5 Å². The second kappa shape index (κ2) is 6.49. The van der Waals surface area contributed by atoms with E-state index in [1.54, 1.807) is 12.3 Å². The lowest BCUT2D eigenvalue weighted by molar-refractivity contribution is 0.0951. The van der Waals surface area contributed by atoms with E-state index < -0.39 is 0 Å². The van der Waals surface area contributed by atoms with Crippen LogP contribution in [-0.4, -0.2) is 10.9 Å². The quantitative estimate of drug-likeness (QED) is 0.592. The van der Waals surface area contributed by atoms with Crippen LogP contribution >= 0.6 is 15.9 Å². The van der Waals surface area contributed by atoms with Crippen LogP contribution in [0.15, 0.2) is 41.0 Å². The van der Waals surface area contributed by atoms with Gasteiger partial charge in [0, 0.05) is 17.2 Å². The van der Waals surface area contributed by atoms with Gasteiger partial charge in [-0.15, -0.1) is 0 Å². The summed E-state index contributed by atoms with van der Waals surface area (Å²) in [5, 5.41) is 2.84. The molecule has 0 radical (unpaired) electrons. The van der Waals surface area contributed by atoms with Crippen LogP contribution in [0.3, 0.4) is 0 Å². The number of amides is 1. The number of nitrogens with one attached hydrogen (secondary N) is 2. The van der Waals surface area contributed by atoms with E-state index in [1.165, 1.54) is 5.56 Å². The summed E-state index contributed by atoms with van der Waals surface area (Å²) in [6.07, 6.45) is 1.58. The summed E-state index contributed by atoms with van der Waals surface area (Å²) in [5.74, 6) is 5.47. The highest BCUT2D eigenvalue weighted by Crippen LogP contribution is 2.17. The standard InChI is InChI=1S/C14H15BrN4O/c1-9-2-4-10(5-3-9)7-18-14(20)12-6-11(15)8-17-13(12)19-16/h2-6,8H,7,16H2,1H3,(H,17,19)(H,18,20). The molecule has 0 atom stereocenters. The third kappa shape index (κ3) is 3.55. The van der Waals surface area contributed by atoms with Gasteiger partial charge in [-0.25, -0.2) is 10.8 Å². The maximum absolute atomic E-state index is 12.1. The molecule has 6 heteroatoms. The van der Waals surface area contributed by atoms with Crippen LogP contribution in [0.4, 0.5) is 5.82 Å². The number of hydrogen-bond donors (Lipinski definition) is 3. The van der Waals surface area contributed by atoms with Crippen molar-refractivity contribution in [3.8, 4) is 0 Å². The summed E-state index contributed by atoms with van der Waals surface area (Å²) < 4.78 is 0.719. The van der Waals surface area contributed by atoms with Gasteiger partial charge in [-0.1, -0.05) is 29.8 Å². The third-order valence-electron chi connectivity index (χ3n) is 2.81. The van der Waals surface area contributed by atoms with Crippen molar-refractivity contribution < 1.29 is 4.79 Å². The van der Waals surface area contributed by atoms with Gasteiger partial charge in [-0.05, 0) is 34.5 Å². The van der Waals surface area contributed by atoms with Crippen molar-refractivity contribution in [1.29, 1.82) is 0 Å². The van der Waals surface area contributed by atoms with Crippen molar-refractivity contribution in [3.63, 3.8) is 0 Å². The largest absolute Gasteiger partial charge is 0.348 e. The molecule has 5 nitrogen and oxygen atoms in total. The minimum atomic E-state index is -0.229. The average Bonchev–Trinajstić information content (AvgIpc) is 2.46. The molecule has 0 unspecified atom stereocenters. The molecule has 4 N–H and O–H groups in total. The lowest BCUT2D eigenvalue weighted by atomic mass is 10.1. The molecule has 0 bridgehead atoms. The molecule has 0 saturated carbocycles. The fourth-order valence-electron chi connectivity index (χ4n) is 1.71. The van der Waals surface area contributed by atoms with Gasteiger partial charge in [-0.3, -0.25) is 4.79 Å². The molecule has 104 valence electrons. The van der Waals surface area contributed by atoms with E-state index in [9.17, 15) is 4.79 Å². The Morgan fingerprint density at radius 1 is 1.35 bits per heavy atom. The number of hydrogen-bond acceptors (Lipinski definition) is 4. The summed E-state index contributed by atoms with van der Waals surface area (Å²) in [5.41, 5.74) is 5.04. The van der Waals surface area contributed by atoms with E-state index in [2.05, 4.69) is 31.7 Å². The smallest absolute Gasteiger partial charge is 0.255 e. The Bertz CT molecular complexity index is 613. The molecule has 1 aromatic carbocycles. The van der Waals surface area contributed by atoms with Gasteiger partial charge in [0.25, 0.3) is 5.91 Å². The topological polar surface area (TPSA) is 80.0 Å². The van der Waals surface area contributed by atoms with Crippen LogP contribution in [0, 0.1) is 6.92 Å². The molecular weight excluding hydrogens is 320 g/mol. The molecule has 0 fully saturated rings. The number of carbonyl (C=O) groups excluding carboxylic acids is 1. The Balaban J connectivity index is 2.08. The fraction of sp³-hybridized carbons (Fsp3) is 0.143. The number of pyridine rings is 1. The lowest BCUT2D eigenvalue weighted by Gasteiger charge is -2.09. The molecule has 0 aliphatic rings. The Hall–Kier alpha value is -1.92. The summed E-state index contributed by atoms with van der Waals surface area (Å²) in [4.78, 5) is 16.2. The van der Waals surface area contributed by atoms with Crippen LogP contribution in [0.1, 0.15) is 21.5 Å². The number of benzene rings is 1. The van der Waals surface area contributed by atoms with Crippen molar-refractivity contribution in [2.75, 3.05) is 5.43 Å². The maximum atomic E-state index is 12.1. The Morgan fingerprint density at radius 2 is 2.05 bits per heavy atom. The molecule has 1 aromatic heterocycles. The first-order chi connectivity index (χ1) is 9.60. The molecule has 2 rings (SSSR count). The molecule has 1 heterocycles. The van der Waals surface area contributed by atoms with Crippen LogP contribution in [-0.2, 0) is 6.54 Å². The van der Waals surface area contributed by atoms with Crippen molar-refractivity contribution in [1.82, 2.24) is 10.3 Å². The highest BCUT2D eigenvalue weighted by Gasteiger charge is 2.12. The molecule has 1 amide bonds. The van der Waals surface area contributed by atoms with Gasteiger partial charge >= 0.3 is 0 Å². The summed E-state index contributed by atoms with van der Waals surface area (Å²) >= 11 is 3.29. The monoisotopic (exact) mass is 334 g/mol. The molecule has 20 heavy (non-hydrogen) atoms. The zero-order chi connectivity index (χ0) is 14.5. The van der Waals surface area contributed by atoms with Gasteiger partial charge < -0.3 is 10.7 Å². The first kappa shape index (κ1) is 14.5. The van der Waals surface area contributed by atoms with E-state index in [0.717, 1.165) is 10.0 Å². The SMILES string of the molecule is Cc1ccc(CNC(=O)c2cc(Br)cnc2NN)cc1. The predicted octanol–water partition coefficient (Wildman–Crippen LogP) is 2.37. The molecule has 0 spiro atoms. The summed E-state index contributed by atoms with van der Waals surface area (Å²) in [6.45, 7) is 2.48. The number of carbonyl (C=O) groups is 1. The minimum absolute atomic E-state index is 0.229. The van der Waals surface area contributed by atoms with Crippen molar-refractivity contribution in [3.05, 3.63) is 57.7 Å². The highest BCUT2D eigenvalue weighted by molar-refractivity contribution is 9.10. The van der Waals surface area contributed by atoms with Crippen molar-refractivity contribution >= 4 is 27.7 Å². The zero-order valence-corrected chi connectivity index (χ0v) is 12.6. The minimum Gasteiger partial charge on any atom is -0.348 e. The number of nitrogen functional groups attached to an aromatic ring is 1. The lowest BCUT2D eigenvalue weighted by Crippen LogP contribution is -2.25. The molecule has 0 aliphatic carbocycles. The van der Waals surface area contributed by atoms with Crippen molar-refractivity contribution in [2.24, 2.45) is 5.84 Å². The number of aryl methyl sites for hydroxylation is 1. The second-order valence-electron chi connectivity index (χ2n) is 4.36. The van der Waals surface area contributed by atoms with Crippen LogP contribution in [0.25, 0.3) is 0 Å². The van der Waals surface area contributed by atoms with Crippen LogP contribution in [0.5, 0.6) is 0 Å². The molecule has 2 aromatic rings. The molecular formula is C14H15BrN4O. The van der Waals surface area contributed by atoms with Gasteiger partial charge in [-0.2, -0.15) is 0 Å². The van der Waals surface area contributed by atoms with Gasteiger partial charge in [0.1, 0.15) is 0 Å². The Labute approximate surface area is 125 Å². The number of halogens is 1. The zero-order valence-electron chi connectivity index (χ0n) is 11.0. The van der Waals surface area contributed by atoms with Gasteiger partial charge in [0.15, 0.2) is 5.82 Å². The first-order valence-electron chi connectivity index (χ1n) is 6.06. The van der Waals surface area contributed by atoms with E-state index in [1.807, 2.05) is 31.2 Å². The van der Waals surface area contributed by atoms with Crippen LogP contribution in [0.2, 0.25) is 0 Å². The molecule has 0 aliphatic heterocycles. The predicted molar refractivity (Wildman–Crippen MR) is 82.1 cm³/mol. The number of rotatable bonds is 4. The normalized spacial score (nSPS) is 10.2. The van der Waals surface area contributed by atoms with Gasteiger partial charge in [0.05, 0.1) is 5.56 Å². The van der Waals surface area contributed by atoms with E-state index in [4.69, 9.17) is 5.84 Å². The average molecular weight is 335 g/mol. The van der Waals surface area contributed by atoms with E-state index >= 15 is 0 Å². The fourth-order valence-corrected chi connectivity index (χ4v) is 2.04. The van der Waals surface area contributed by atoms with Crippen LogP contribution < -0.4 is 16.6 Å². The number of nitrogens with zero attached hydrogens (tertiary/aromatic N) is 1. The first-order valence-corrected chi connectivity index (χ1v) is 6.85. The Kier molecular flexibility index (Phi) is 4.70. The number of hydrazine groups is 1. The highest BCUT2D eigenvalue weighted by atomic mass is 79.9. The molecule has 0 saturated heterocycles. The number of anilines is 1. The summed E-state index contributed by atoms with van der Waals surface area (Å²) in [6, 6.07) is 9.66. The second-order valence-corrected chi connectivity index (χ2v) is 5.28. The Morgan fingerprint density at radius 3 is 2.70 bits per heavy atom. The van der Waals surface area contributed by atoms with E-state index in [0.29, 0.717) is 17.9 Å². The summed E-state index contributed by atoms with van der Waals surface area (Å²) in [7, 11) is 0. The maximum Gasteiger partial charge on any atom is 0.255 e. The number of aromatic nitrogens is 1. The van der Waals surface area contributed by atoms with Gasteiger partial charge in [0.2, 0.25) is 0 Å². The third-order valence-corrected chi connectivity index (χ3v) is 3.24. The van der Waals surface area contributed by atoms with E-state index in [-0.39, 0.29) is 5.91 Å².